The van der Waals surface area contributed by atoms with Gasteiger partial charge in [-0.25, -0.2) is 4.79 Å². The highest BCUT2D eigenvalue weighted by Crippen LogP contribution is 2.36. The van der Waals surface area contributed by atoms with E-state index in [1.807, 2.05) is 0 Å². The number of primary amides is 1. The van der Waals surface area contributed by atoms with Crippen LogP contribution in [0, 0.1) is 5.92 Å². The Bertz CT molecular complexity index is 715. The first kappa shape index (κ1) is 22.6. The molecule has 0 spiro atoms. The van der Waals surface area contributed by atoms with E-state index >= 15 is 0 Å². The van der Waals surface area contributed by atoms with Gasteiger partial charge < -0.3 is 20.1 Å². The van der Waals surface area contributed by atoms with Crippen molar-refractivity contribution >= 4 is 12.0 Å². The van der Waals surface area contributed by atoms with Crippen LogP contribution >= 0.6 is 0 Å². The number of rotatable bonds is 5. The molecule has 12 heteroatoms. The summed E-state index contributed by atoms with van der Waals surface area (Å²) < 4.78 is 84.1. The minimum atomic E-state index is -5.75. The number of hydrogen-bond donors (Lipinski definition) is 1. The molecule has 1 aromatic carbocycles. The molecule has 1 aliphatic heterocycles. The summed E-state index contributed by atoms with van der Waals surface area (Å²) in [6, 6.07) is 6.14. The van der Waals surface area contributed by atoms with E-state index in [0.717, 1.165) is 4.90 Å². The molecular formula is C17H18F6N2O4. The third kappa shape index (κ3) is 6.43. The first-order valence-corrected chi connectivity index (χ1v) is 8.49. The van der Waals surface area contributed by atoms with E-state index in [1.165, 1.54) is 12.1 Å². The van der Waals surface area contributed by atoms with Crippen molar-refractivity contribution in [3.8, 4) is 5.75 Å². The summed E-state index contributed by atoms with van der Waals surface area (Å²) in [4.78, 5) is 23.7. The van der Waals surface area contributed by atoms with E-state index in [1.54, 1.807) is 12.1 Å². The van der Waals surface area contributed by atoms with Crippen molar-refractivity contribution in [2.45, 2.75) is 31.3 Å². The van der Waals surface area contributed by atoms with Gasteiger partial charge in [-0.2, -0.15) is 26.3 Å². The Hall–Kier alpha value is -2.66. The maximum absolute atomic E-state index is 12.5. The standard InChI is InChI=1S/C17H18F6N2O4/c18-16(19,20)14(17(21,22)23)29-15(27)25-6-4-10(5-7-25)9-28-12-3-1-2-11(8-12)13(24)26/h1-3,8,10,14H,4-7,9H2,(H2,24,26). The Morgan fingerprint density at radius 1 is 1.10 bits per heavy atom. The minimum Gasteiger partial charge on any atom is -0.493 e. The zero-order valence-electron chi connectivity index (χ0n) is 14.9. The summed E-state index contributed by atoms with van der Waals surface area (Å²) in [7, 11) is 0. The molecule has 0 saturated carbocycles. The molecular weight excluding hydrogens is 410 g/mol. The number of amides is 2. The van der Waals surface area contributed by atoms with Gasteiger partial charge in [0.15, 0.2) is 0 Å². The molecule has 1 heterocycles. The summed E-state index contributed by atoms with van der Waals surface area (Å²) in [5, 5.41) is 0. The number of carbonyl (C=O) groups excluding carboxylic acids is 2. The monoisotopic (exact) mass is 428 g/mol. The zero-order chi connectivity index (χ0) is 21.8. The SMILES string of the molecule is NC(=O)c1cccc(OCC2CCN(C(=O)OC(C(F)(F)F)C(F)(F)F)CC2)c1. The maximum Gasteiger partial charge on any atom is 0.434 e. The topological polar surface area (TPSA) is 81.9 Å². The minimum absolute atomic E-state index is 0.0728. The number of nitrogens with zero attached hydrogens (tertiary/aromatic N) is 1. The Morgan fingerprint density at radius 3 is 2.21 bits per heavy atom. The number of alkyl halides is 6. The number of piperidine rings is 1. The van der Waals surface area contributed by atoms with Gasteiger partial charge >= 0.3 is 18.4 Å². The molecule has 0 aromatic heterocycles. The van der Waals surface area contributed by atoms with Crippen LogP contribution in [0.2, 0.25) is 0 Å². The fourth-order valence-electron chi connectivity index (χ4n) is 2.73. The summed E-state index contributed by atoms with van der Waals surface area (Å²) in [5.41, 5.74) is 5.42. The quantitative estimate of drug-likeness (QED) is 0.728. The van der Waals surface area contributed by atoms with Crippen LogP contribution in [0.5, 0.6) is 5.75 Å². The molecule has 162 valence electrons. The van der Waals surface area contributed by atoms with E-state index in [4.69, 9.17) is 10.5 Å². The lowest BCUT2D eigenvalue weighted by Crippen LogP contribution is -2.49. The van der Waals surface area contributed by atoms with Crippen LogP contribution in [0.15, 0.2) is 24.3 Å². The second-order valence-corrected chi connectivity index (χ2v) is 6.48. The van der Waals surface area contributed by atoms with Crippen LogP contribution in [-0.2, 0) is 4.74 Å². The van der Waals surface area contributed by atoms with Crippen molar-refractivity contribution in [1.29, 1.82) is 0 Å². The Kier molecular flexibility index (Phi) is 6.85. The van der Waals surface area contributed by atoms with Crippen LogP contribution in [0.1, 0.15) is 23.2 Å². The number of likely N-dealkylation sites (tertiary alicyclic amines) is 1. The molecule has 0 bridgehead atoms. The predicted octanol–water partition coefficient (Wildman–Crippen LogP) is 3.51. The van der Waals surface area contributed by atoms with Gasteiger partial charge in [0.2, 0.25) is 5.91 Å². The average molecular weight is 428 g/mol. The van der Waals surface area contributed by atoms with Gasteiger partial charge in [-0.05, 0) is 37.0 Å². The molecule has 0 unspecified atom stereocenters. The fraction of sp³-hybridized carbons (Fsp3) is 0.529. The number of carbonyl (C=O) groups is 2. The highest BCUT2D eigenvalue weighted by atomic mass is 19.4. The lowest BCUT2D eigenvalue weighted by molar-refractivity contribution is -0.308. The van der Waals surface area contributed by atoms with Gasteiger partial charge in [-0.3, -0.25) is 4.79 Å². The van der Waals surface area contributed by atoms with Crippen molar-refractivity contribution in [2.24, 2.45) is 11.7 Å². The van der Waals surface area contributed by atoms with E-state index in [-0.39, 0.29) is 31.2 Å². The number of benzene rings is 1. The van der Waals surface area contributed by atoms with Gasteiger partial charge in [-0.1, -0.05) is 6.07 Å². The van der Waals surface area contributed by atoms with Crippen molar-refractivity contribution < 1.29 is 45.4 Å². The van der Waals surface area contributed by atoms with E-state index in [9.17, 15) is 35.9 Å². The zero-order valence-corrected chi connectivity index (χ0v) is 14.9. The second kappa shape index (κ2) is 8.78. The molecule has 0 atom stereocenters. The first-order valence-electron chi connectivity index (χ1n) is 8.49. The highest BCUT2D eigenvalue weighted by Gasteiger charge is 2.60. The van der Waals surface area contributed by atoms with Crippen molar-refractivity contribution in [3.05, 3.63) is 29.8 Å². The summed E-state index contributed by atoms with van der Waals surface area (Å²) >= 11 is 0. The third-order valence-corrected chi connectivity index (χ3v) is 4.29. The second-order valence-electron chi connectivity index (χ2n) is 6.48. The van der Waals surface area contributed by atoms with E-state index < -0.39 is 30.5 Å². The van der Waals surface area contributed by atoms with Crippen LogP contribution in [0.25, 0.3) is 0 Å². The number of hydrogen-bond acceptors (Lipinski definition) is 4. The van der Waals surface area contributed by atoms with Crippen LogP contribution in [0.3, 0.4) is 0 Å². The fourth-order valence-corrected chi connectivity index (χ4v) is 2.73. The maximum atomic E-state index is 12.5. The van der Waals surface area contributed by atoms with Crippen molar-refractivity contribution in [2.75, 3.05) is 19.7 Å². The van der Waals surface area contributed by atoms with Gasteiger partial charge in [0, 0.05) is 18.7 Å². The lowest BCUT2D eigenvalue weighted by Gasteiger charge is -2.33. The largest absolute Gasteiger partial charge is 0.493 e. The molecule has 2 rings (SSSR count). The van der Waals surface area contributed by atoms with Gasteiger partial charge in [0.25, 0.3) is 6.10 Å². The van der Waals surface area contributed by atoms with E-state index in [0.29, 0.717) is 18.6 Å². The lowest BCUT2D eigenvalue weighted by atomic mass is 9.98. The molecule has 0 aliphatic carbocycles. The van der Waals surface area contributed by atoms with Crippen LogP contribution in [-0.4, -0.2) is 55.1 Å². The van der Waals surface area contributed by atoms with Gasteiger partial charge in [0.1, 0.15) is 5.75 Å². The van der Waals surface area contributed by atoms with Crippen LogP contribution < -0.4 is 10.5 Å². The normalized spacial score (nSPS) is 16.0. The summed E-state index contributed by atoms with van der Waals surface area (Å²) in [6.07, 6.45) is -16.7. The number of halogens is 6. The number of nitrogens with two attached hydrogens (primary N) is 1. The number of ether oxygens (including phenoxy) is 2. The Labute approximate surface area is 161 Å². The summed E-state index contributed by atoms with van der Waals surface area (Å²) in [6.45, 7) is 0.0477. The molecule has 0 radical (unpaired) electrons. The molecule has 1 fully saturated rings. The van der Waals surface area contributed by atoms with E-state index in [2.05, 4.69) is 4.74 Å². The van der Waals surface area contributed by atoms with Gasteiger partial charge in [-0.15, -0.1) is 0 Å². The first-order chi connectivity index (χ1) is 13.4. The molecule has 1 aromatic rings. The Balaban J connectivity index is 1.84. The molecule has 2 N–H and O–H groups in total. The summed E-state index contributed by atoms with van der Waals surface area (Å²) in [5.74, 6) is -0.322. The smallest absolute Gasteiger partial charge is 0.434 e. The molecule has 6 nitrogen and oxygen atoms in total. The van der Waals surface area contributed by atoms with Gasteiger partial charge in [0.05, 0.1) is 6.61 Å². The third-order valence-electron chi connectivity index (χ3n) is 4.29. The van der Waals surface area contributed by atoms with Crippen LogP contribution in [0.4, 0.5) is 31.1 Å². The molecule has 2 amide bonds. The molecule has 1 aliphatic rings. The van der Waals surface area contributed by atoms with Crippen molar-refractivity contribution in [3.63, 3.8) is 0 Å². The molecule has 29 heavy (non-hydrogen) atoms. The molecule has 1 saturated heterocycles. The van der Waals surface area contributed by atoms with Crippen molar-refractivity contribution in [1.82, 2.24) is 4.90 Å². The predicted molar refractivity (Wildman–Crippen MR) is 87.1 cm³/mol. The highest BCUT2D eigenvalue weighted by molar-refractivity contribution is 5.93. The average Bonchev–Trinajstić information content (AvgIpc) is 2.63. The Morgan fingerprint density at radius 2 is 1.69 bits per heavy atom.